The number of nitrogens with one attached hydrogen (secondary N) is 1. The Morgan fingerprint density at radius 1 is 1.45 bits per heavy atom. The molecule has 0 spiro atoms. The molecule has 0 aliphatic heterocycles. The zero-order valence-electron chi connectivity index (χ0n) is 12.0. The van der Waals surface area contributed by atoms with Crippen LogP contribution in [0.15, 0.2) is 23.6 Å². The quantitative estimate of drug-likeness (QED) is 0.856. The van der Waals surface area contributed by atoms with E-state index in [0.717, 1.165) is 16.3 Å². The molecule has 0 fully saturated rings. The van der Waals surface area contributed by atoms with E-state index in [0.29, 0.717) is 18.9 Å². The molecular weight excluding hydrogens is 272 g/mol. The minimum atomic E-state index is 0.156. The van der Waals surface area contributed by atoms with E-state index in [9.17, 15) is 5.11 Å². The summed E-state index contributed by atoms with van der Waals surface area (Å²) in [6.07, 6.45) is 0. The first kappa shape index (κ1) is 14.8. The van der Waals surface area contributed by atoms with E-state index in [1.54, 1.807) is 17.4 Å². The molecule has 2 aromatic rings. The maximum absolute atomic E-state index is 10.1. The van der Waals surface area contributed by atoms with Gasteiger partial charge in [0.1, 0.15) is 5.01 Å². The molecule has 2 N–H and O–H groups in total. The van der Waals surface area contributed by atoms with E-state index >= 15 is 0 Å². The summed E-state index contributed by atoms with van der Waals surface area (Å²) in [7, 11) is 0. The molecule has 0 saturated carbocycles. The topological polar surface area (TPSA) is 54.4 Å². The predicted octanol–water partition coefficient (Wildman–Crippen LogP) is 3.41. The van der Waals surface area contributed by atoms with Crippen LogP contribution < -0.4 is 10.1 Å². The van der Waals surface area contributed by atoms with Crippen molar-refractivity contribution < 1.29 is 9.84 Å². The minimum Gasteiger partial charge on any atom is -0.504 e. The van der Waals surface area contributed by atoms with Gasteiger partial charge in [0.15, 0.2) is 11.5 Å². The lowest BCUT2D eigenvalue weighted by Gasteiger charge is -2.14. The Labute approximate surface area is 123 Å². The van der Waals surface area contributed by atoms with Crippen LogP contribution in [0.2, 0.25) is 0 Å². The molecule has 20 heavy (non-hydrogen) atoms. The molecule has 0 aliphatic rings. The Balaban J connectivity index is 2.02. The number of benzene rings is 1. The highest BCUT2D eigenvalue weighted by Crippen LogP contribution is 2.30. The Kier molecular flexibility index (Phi) is 4.98. The van der Waals surface area contributed by atoms with Crippen LogP contribution in [0, 0.1) is 6.92 Å². The second kappa shape index (κ2) is 6.72. The summed E-state index contributed by atoms with van der Waals surface area (Å²) in [5.41, 5.74) is 1.87. The SMILES string of the molecule is CCOc1cccc(CNC(C)c2nc(C)cs2)c1O. The smallest absolute Gasteiger partial charge is 0.162 e. The summed E-state index contributed by atoms with van der Waals surface area (Å²) in [5, 5.41) is 16.6. The highest BCUT2D eigenvalue weighted by atomic mass is 32.1. The second-order valence-corrected chi connectivity index (χ2v) is 5.52. The molecule has 2 rings (SSSR count). The number of phenols is 1. The third kappa shape index (κ3) is 3.49. The summed E-state index contributed by atoms with van der Waals surface area (Å²) in [4.78, 5) is 4.46. The van der Waals surface area contributed by atoms with Gasteiger partial charge in [-0.3, -0.25) is 0 Å². The van der Waals surface area contributed by atoms with Crippen molar-refractivity contribution in [1.82, 2.24) is 10.3 Å². The van der Waals surface area contributed by atoms with Gasteiger partial charge in [-0.2, -0.15) is 0 Å². The maximum Gasteiger partial charge on any atom is 0.162 e. The lowest BCUT2D eigenvalue weighted by atomic mass is 10.1. The number of aromatic nitrogens is 1. The monoisotopic (exact) mass is 292 g/mol. The number of aromatic hydroxyl groups is 1. The van der Waals surface area contributed by atoms with Crippen LogP contribution in [0.1, 0.15) is 36.2 Å². The molecule has 108 valence electrons. The zero-order chi connectivity index (χ0) is 14.5. The van der Waals surface area contributed by atoms with Crippen molar-refractivity contribution >= 4 is 11.3 Å². The fourth-order valence-electron chi connectivity index (χ4n) is 1.90. The first-order valence-electron chi connectivity index (χ1n) is 6.71. The van der Waals surface area contributed by atoms with Gasteiger partial charge in [0, 0.05) is 23.2 Å². The van der Waals surface area contributed by atoms with Crippen molar-refractivity contribution in [3.63, 3.8) is 0 Å². The first-order chi connectivity index (χ1) is 9.61. The van der Waals surface area contributed by atoms with E-state index in [1.165, 1.54) is 0 Å². The van der Waals surface area contributed by atoms with Crippen molar-refractivity contribution in [1.29, 1.82) is 0 Å². The number of thiazole rings is 1. The fraction of sp³-hybridized carbons (Fsp3) is 0.400. The Morgan fingerprint density at radius 2 is 2.25 bits per heavy atom. The molecule has 5 heteroatoms. The predicted molar refractivity (Wildman–Crippen MR) is 81.4 cm³/mol. The highest BCUT2D eigenvalue weighted by molar-refractivity contribution is 7.09. The summed E-state index contributed by atoms with van der Waals surface area (Å²) < 4.78 is 5.38. The number of hydrogen-bond donors (Lipinski definition) is 2. The van der Waals surface area contributed by atoms with Crippen LogP contribution in [-0.2, 0) is 6.54 Å². The van der Waals surface area contributed by atoms with Gasteiger partial charge >= 0.3 is 0 Å². The normalized spacial score (nSPS) is 12.3. The number of ether oxygens (including phenoxy) is 1. The van der Waals surface area contributed by atoms with Gasteiger partial charge in [-0.1, -0.05) is 12.1 Å². The van der Waals surface area contributed by atoms with Crippen molar-refractivity contribution in [3.05, 3.63) is 39.8 Å². The third-order valence-corrected chi connectivity index (χ3v) is 4.13. The molecule has 4 nitrogen and oxygen atoms in total. The molecule has 0 amide bonds. The molecule has 1 heterocycles. The van der Waals surface area contributed by atoms with Gasteiger partial charge in [0.2, 0.25) is 0 Å². The lowest BCUT2D eigenvalue weighted by molar-refractivity contribution is 0.316. The summed E-state index contributed by atoms with van der Waals surface area (Å²) in [6, 6.07) is 5.71. The van der Waals surface area contributed by atoms with Crippen molar-refractivity contribution in [2.45, 2.75) is 33.4 Å². The largest absolute Gasteiger partial charge is 0.504 e. The van der Waals surface area contributed by atoms with Gasteiger partial charge in [-0.25, -0.2) is 4.98 Å². The Bertz CT molecular complexity index is 569. The van der Waals surface area contributed by atoms with Crippen molar-refractivity contribution in [2.75, 3.05) is 6.61 Å². The molecule has 1 aromatic heterocycles. The Morgan fingerprint density at radius 3 is 2.90 bits per heavy atom. The molecule has 1 atom stereocenters. The molecule has 1 aromatic carbocycles. The third-order valence-electron chi connectivity index (χ3n) is 2.99. The minimum absolute atomic E-state index is 0.156. The van der Waals surface area contributed by atoms with E-state index in [4.69, 9.17) is 4.74 Å². The highest BCUT2D eigenvalue weighted by Gasteiger charge is 2.12. The molecule has 1 unspecified atom stereocenters. The van der Waals surface area contributed by atoms with Crippen LogP contribution in [0.3, 0.4) is 0 Å². The number of nitrogens with zero attached hydrogens (tertiary/aromatic N) is 1. The average Bonchev–Trinajstić information content (AvgIpc) is 2.86. The number of rotatable bonds is 6. The average molecular weight is 292 g/mol. The number of hydrogen-bond acceptors (Lipinski definition) is 5. The molecular formula is C15H20N2O2S. The summed E-state index contributed by atoms with van der Waals surface area (Å²) in [5.74, 6) is 0.744. The van der Waals surface area contributed by atoms with E-state index in [1.807, 2.05) is 31.4 Å². The summed E-state index contributed by atoms with van der Waals surface area (Å²) >= 11 is 1.65. The fourth-order valence-corrected chi connectivity index (χ4v) is 2.73. The van der Waals surface area contributed by atoms with Crippen molar-refractivity contribution in [3.8, 4) is 11.5 Å². The number of para-hydroxylation sites is 1. The number of aryl methyl sites for hydroxylation is 1. The van der Waals surface area contributed by atoms with E-state index in [-0.39, 0.29) is 11.8 Å². The molecule has 0 saturated heterocycles. The number of phenolic OH excluding ortho intramolecular Hbond substituents is 1. The zero-order valence-corrected chi connectivity index (χ0v) is 12.8. The van der Waals surface area contributed by atoms with E-state index < -0.39 is 0 Å². The molecule has 0 radical (unpaired) electrons. The van der Waals surface area contributed by atoms with Crippen molar-refractivity contribution in [2.24, 2.45) is 0 Å². The van der Waals surface area contributed by atoms with Gasteiger partial charge in [0.25, 0.3) is 0 Å². The van der Waals surface area contributed by atoms with E-state index in [2.05, 4.69) is 17.2 Å². The second-order valence-electron chi connectivity index (χ2n) is 4.63. The van der Waals surface area contributed by atoms with Crippen LogP contribution in [0.25, 0.3) is 0 Å². The van der Waals surface area contributed by atoms with Gasteiger partial charge in [-0.05, 0) is 26.8 Å². The summed E-state index contributed by atoms with van der Waals surface area (Å²) in [6.45, 7) is 7.08. The first-order valence-corrected chi connectivity index (χ1v) is 7.58. The maximum atomic E-state index is 10.1. The van der Waals surface area contributed by atoms with Gasteiger partial charge < -0.3 is 15.2 Å². The molecule has 0 aliphatic carbocycles. The lowest BCUT2D eigenvalue weighted by Crippen LogP contribution is -2.18. The Hall–Kier alpha value is -1.59. The van der Waals surface area contributed by atoms with Crippen LogP contribution in [0.5, 0.6) is 11.5 Å². The van der Waals surface area contributed by atoms with Crippen LogP contribution in [0.4, 0.5) is 0 Å². The van der Waals surface area contributed by atoms with Crippen LogP contribution >= 0.6 is 11.3 Å². The molecule has 0 bridgehead atoms. The van der Waals surface area contributed by atoms with Crippen LogP contribution in [-0.4, -0.2) is 16.7 Å². The standard InChI is InChI=1S/C15H20N2O2S/c1-4-19-13-7-5-6-12(14(13)18)8-16-11(3)15-17-10(2)9-20-15/h5-7,9,11,16,18H,4,8H2,1-3H3. The van der Waals surface area contributed by atoms with Gasteiger partial charge in [0.05, 0.1) is 12.6 Å². The van der Waals surface area contributed by atoms with Gasteiger partial charge in [-0.15, -0.1) is 11.3 Å².